The standard InChI is InChI=1S/C32H27F3N2O3/c1-20(31(38)39)28-16-13-24(37(28)2)19-40-25-14-11-22(12-15-25)29-23(17-21-7-4-3-5-8-21)18-36-30-26(29)9-6-10-27(30)32(33,34)35/h3-16,18,20H,17,19H2,1-2H3,(H,38,39). The number of carboxylic acid groups (broad SMARTS) is 1. The lowest BCUT2D eigenvalue weighted by Gasteiger charge is -2.17. The lowest BCUT2D eigenvalue weighted by atomic mass is 9.92. The van der Waals surface area contributed by atoms with Crippen molar-refractivity contribution in [1.82, 2.24) is 9.55 Å². The Morgan fingerprint density at radius 3 is 2.38 bits per heavy atom. The molecule has 3 aromatic carbocycles. The number of benzene rings is 3. The zero-order chi connectivity index (χ0) is 28.4. The van der Waals surface area contributed by atoms with Gasteiger partial charge in [-0.3, -0.25) is 9.78 Å². The molecular weight excluding hydrogens is 517 g/mol. The fourth-order valence-corrected chi connectivity index (χ4v) is 4.94. The third-order valence-corrected chi connectivity index (χ3v) is 7.13. The molecule has 8 heteroatoms. The van der Waals surface area contributed by atoms with Crippen LogP contribution in [0.5, 0.6) is 5.75 Å². The van der Waals surface area contributed by atoms with Crippen LogP contribution in [-0.4, -0.2) is 20.6 Å². The Kier molecular flexibility index (Phi) is 7.34. The largest absolute Gasteiger partial charge is 0.487 e. The van der Waals surface area contributed by atoms with Gasteiger partial charge >= 0.3 is 12.1 Å². The second kappa shape index (κ2) is 10.9. The summed E-state index contributed by atoms with van der Waals surface area (Å²) in [6, 6.07) is 24.7. The summed E-state index contributed by atoms with van der Waals surface area (Å²) in [6.07, 6.45) is -2.48. The van der Waals surface area contributed by atoms with Gasteiger partial charge in [0.1, 0.15) is 12.4 Å². The Morgan fingerprint density at radius 1 is 0.975 bits per heavy atom. The number of pyridine rings is 1. The van der Waals surface area contributed by atoms with Crippen LogP contribution in [0.2, 0.25) is 0 Å². The molecule has 0 amide bonds. The zero-order valence-corrected chi connectivity index (χ0v) is 21.9. The molecule has 0 radical (unpaired) electrons. The summed E-state index contributed by atoms with van der Waals surface area (Å²) >= 11 is 0. The first-order valence-corrected chi connectivity index (χ1v) is 12.8. The van der Waals surface area contributed by atoms with Crippen LogP contribution in [0.3, 0.4) is 0 Å². The van der Waals surface area contributed by atoms with E-state index in [1.165, 1.54) is 12.3 Å². The first-order chi connectivity index (χ1) is 19.1. The summed E-state index contributed by atoms with van der Waals surface area (Å²) in [6.45, 7) is 1.86. The van der Waals surface area contributed by atoms with Crippen LogP contribution in [-0.2, 0) is 31.0 Å². The number of aliphatic carboxylic acids is 1. The number of aromatic nitrogens is 2. The molecule has 40 heavy (non-hydrogen) atoms. The number of fused-ring (bicyclic) bond motifs is 1. The van der Waals surface area contributed by atoms with Gasteiger partial charge in [-0.2, -0.15) is 13.2 Å². The van der Waals surface area contributed by atoms with Crippen LogP contribution in [0.15, 0.2) is 91.1 Å². The fourth-order valence-electron chi connectivity index (χ4n) is 4.94. The lowest BCUT2D eigenvalue weighted by molar-refractivity contribution is -0.138. The highest BCUT2D eigenvalue weighted by Crippen LogP contribution is 2.39. The maximum absolute atomic E-state index is 13.8. The molecule has 2 heterocycles. The number of ether oxygens (including phenoxy) is 1. The summed E-state index contributed by atoms with van der Waals surface area (Å²) < 4.78 is 49.2. The predicted molar refractivity (Wildman–Crippen MR) is 147 cm³/mol. The second-order valence-corrected chi connectivity index (χ2v) is 9.70. The van der Waals surface area contributed by atoms with E-state index >= 15 is 0 Å². The van der Waals surface area contributed by atoms with Gasteiger partial charge in [-0.25, -0.2) is 0 Å². The zero-order valence-electron chi connectivity index (χ0n) is 21.9. The number of halogens is 3. The van der Waals surface area contributed by atoms with Crippen molar-refractivity contribution in [3.63, 3.8) is 0 Å². The molecule has 1 atom stereocenters. The molecule has 0 aliphatic rings. The maximum Gasteiger partial charge on any atom is 0.418 e. The quantitative estimate of drug-likeness (QED) is 0.218. The molecule has 0 bridgehead atoms. The minimum Gasteiger partial charge on any atom is -0.487 e. The fraction of sp³-hybridized carbons (Fsp3) is 0.188. The van der Waals surface area contributed by atoms with Gasteiger partial charge in [0.2, 0.25) is 0 Å². The highest BCUT2D eigenvalue weighted by Gasteiger charge is 2.33. The van der Waals surface area contributed by atoms with E-state index in [4.69, 9.17) is 4.74 Å². The highest BCUT2D eigenvalue weighted by atomic mass is 19.4. The number of alkyl halides is 3. The second-order valence-electron chi connectivity index (χ2n) is 9.70. The summed E-state index contributed by atoms with van der Waals surface area (Å²) in [7, 11) is 1.80. The van der Waals surface area contributed by atoms with Crippen molar-refractivity contribution >= 4 is 16.9 Å². The molecule has 5 rings (SSSR count). The Hall–Kier alpha value is -4.59. The SMILES string of the molecule is CC(C(=O)O)c1ccc(COc2ccc(-c3c(Cc4ccccc4)cnc4c(C(F)(F)F)cccc34)cc2)n1C. The number of para-hydroxylation sites is 1. The van der Waals surface area contributed by atoms with Gasteiger partial charge in [-0.15, -0.1) is 0 Å². The summed E-state index contributed by atoms with van der Waals surface area (Å²) in [5.74, 6) is -0.963. The van der Waals surface area contributed by atoms with Gasteiger partial charge in [0.25, 0.3) is 0 Å². The molecule has 5 aromatic rings. The average Bonchev–Trinajstić information content (AvgIpc) is 3.31. The molecule has 1 N–H and O–H groups in total. The summed E-state index contributed by atoms with van der Waals surface area (Å²) in [5.41, 5.74) is 3.93. The van der Waals surface area contributed by atoms with Crippen molar-refractivity contribution in [3.05, 3.63) is 119 Å². The van der Waals surface area contributed by atoms with Crippen molar-refractivity contribution in [2.24, 2.45) is 7.05 Å². The summed E-state index contributed by atoms with van der Waals surface area (Å²) in [5, 5.41) is 9.75. The van der Waals surface area contributed by atoms with E-state index in [9.17, 15) is 23.1 Å². The number of carbonyl (C=O) groups is 1. The molecule has 2 aromatic heterocycles. The smallest absolute Gasteiger partial charge is 0.418 e. The Morgan fingerprint density at radius 2 is 1.70 bits per heavy atom. The van der Waals surface area contributed by atoms with Crippen molar-refractivity contribution in [2.45, 2.75) is 32.0 Å². The molecule has 0 saturated heterocycles. The Bertz CT molecular complexity index is 1660. The van der Waals surface area contributed by atoms with Crippen molar-refractivity contribution in [3.8, 4) is 16.9 Å². The van der Waals surface area contributed by atoms with E-state index in [2.05, 4.69) is 4.98 Å². The maximum atomic E-state index is 13.8. The van der Waals surface area contributed by atoms with Crippen LogP contribution in [0.25, 0.3) is 22.0 Å². The molecule has 5 nitrogen and oxygen atoms in total. The van der Waals surface area contributed by atoms with E-state index in [0.717, 1.165) is 28.5 Å². The molecule has 0 aliphatic carbocycles. The third kappa shape index (κ3) is 5.43. The normalized spacial score (nSPS) is 12.4. The first kappa shape index (κ1) is 27.0. The average molecular weight is 545 g/mol. The van der Waals surface area contributed by atoms with Gasteiger partial charge in [-0.05, 0) is 65.9 Å². The minimum absolute atomic E-state index is 0.0859. The topological polar surface area (TPSA) is 64.3 Å². The number of nitrogens with zero attached hydrogens (tertiary/aromatic N) is 2. The van der Waals surface area contributed by atoms with E-state index in [0.29, 0.717) is 28.8 Å². The van der Waals surface area contributed by atoms with E-state index in [1.807, 2.05) is 53.1 Å². The number of hydrogen-bond donors (Lipinski definition) is 1. The van der Waals surface area contributed by atoms with Crippen LogP contribution >= 0.6 is 0 Å². The molecule has 204 valence electrons. The Balaban J connectivity index is 1.48. The molecule has 0 spiro atoms. The van der Waals surface area contributed by atoms with E-state index in [1.54, 1.807) is 38.2 Å². The van der Waals surface area contributed by atoms with Gasteiger partial charge in [0.15, 0.2) is 0 Å². The minimum atomic E-state index is -4.53. The van der Waals surface area contributed by atoms with Crippen LogP contribution in [0, 0.1) is 0 Å². The van der Waals surface area contributed by atoms with Crippen molar-refractivity contribution in [1.29, 1.82) is 0 Å². The van der Waals surface area contributed by atoms with Crippen molar-refractivity contribution in [2.75, 3.05) is 0 Å². The third-order valence-electron chi connectivity index (χ3n) is 7.13. The number of carboxylic acids is 1. The molecule has 1 unspecified atom stereocenters. The van der Waals surface area contributed by atoms with Crippen LogP contribution in [0.1, 0.15) is 40.9 Å². The van der Waals surface area contributed by atoms with E-state index < -0.39 is 23.6 Å². The monoisotopic (exact) mass is 544 g/mol. The van der Waals surface area contributed by atoms with E-state index in [-0.39, 0.29) is 12.1 Å². The predicted octanol–water partition coefficient (Wildman–Crippen LogP) is 7.62. The van der Waals surface area contributed by atoms with Gasteiger partial charge < -0.3 is 14.4 Å². The van der Waals surface area contributed by atoms with Crippen LogP contribution in [0.4, 0.5) is 13.2 Å². The summed E-state index contributed by atoms with van der Waals surface area (Å²) in [4.78, 5) is 15.6. The highest BCUT2D eigenvalue weighted by molar-refractivity contribution is 5.98. The van der Waals surface area contributed by atoms with Crippen molar-refractivity contribution < 1.29 is 27.8 Å². The number of rotatable bonds is 8. The molecule has 0 fully saturated rings. The lowest BCUT2D eigenvalue weighted by Crippen LogP contribution is -2.13. The van der Waals surface area contributed by atoms with Gasteiger partial charge in [0, 0.05) is 24.3 Å². The van der Waals surface area contributed by atoms with Gasteiger partial charge in [0.05, 0.1) is 22.7 Å². The molecule has 0 aliphatic heterocycles. The molecule has 0 saturated carbocycles. The van der Waals surface area contributed by atoms with Gasteiger partial charge in [-0.1, -0.05) is 54.6 Å². The molecular formula is C32H27F3N2O3. The first-order valence-electron chi connectivity index (χ1n) is 12.8. The number of hydrogen-bond acceptors (Lipinski definition) is 3. The Labute approximate surface area is 229 Å². The van der Waals surface area contributed by atoms with Crippen LogP contribution < -0.4 is 4.74 Å².